The highest BCUT2D eigenvalue weighted by Crippen LogP contribution is 2.15. The van der Waals surface area contributed by atoms with Crippen molar-refractivity contribution in [1.82, 2.24) is 25.0 Å². The number of aliphatic hydroxyl groups excluding tert-OH is 1. The van der Waals surface area contributed by atoms with Gasteiger partial charge >= 0.3 is 0 Å². The highest BCUT2D eigenvalue weighted by atomic mass is 16.3. The maximum atomic E-state index is 9.79. The van der Waals surface area contributed by atoms with E-state index in [2.05, 4.69) is 20.2 Å². The summed E-state index contributed by atoms with van der Waals surface area (Å²) in [7, 11) is 1.69. The molecular formula is C8H9N5O. The van der Waals surface area contributed by atoms with Crippen LogP contribution in [0.1, 0.15) is 17.5 Å². The lowest BCUT2D eigenvalue weighted by Gasteiger charge is -2.04. The van der Waals surface area contributed by atoms with Gasteiger partial charge in [0, 0.05) is 19.4 Å². The van der Waals surface area contributed by atoms with E-state index in [0.717, 1.165) is 0 Å². The Labute approximate surface area is 80.2 Å². The molecule has 2 aromatic rings. The molecule has 0 fully saturated rings. The van der Waals surface area contributed by atoms with E-state index in [4.69, 9.17) is 0 Å². The van der Waals surface area contributed by atoms with Crippen LogP contribution in [0, 0.1) is 0 Å². The van der Waals surface area contributed by atoms with Crippen molar-refractivity contribution in [2.45, 2.75) is 6.10 Å². The first kappa shape index (κ1) is 8.76. The highest BCUT2D eigenvalue weighted by Gasteiger charge is 2.14. The maximum Gasteiger partial charge on any atom is 0.143 e. The van der Waals surface area contributed by atoms with Crippen molar-refractivity contribution in [3.63, 3.8) is 0 Å². The van der Waals surface area contributed by atoms with Crippen molar-refractivity contribution in [1.29, 1.82) is 0 Å². The smallest absolute Gasteiger partial charge is 0.143 e. The number of rotatable bonds is 2. The monoisotopic (exact) mass is 191 g/mol. The van der Waals surface area contributed by atoms with Gasteiger partial charge in [0.15, 0.2) is 0 Å². The normalized spacial score (nSPS) is 12.7. The van der Waals surface area contributed by atoms with Crippen molar-refractivity contribution in [3.8, 4) is 0 Å². The van der Waals surface area contributed by atoms with Gasteiger partial charge in [-0.25, -0.2) is 0 Å². The van der Waals surface area contributed by atoms with Gasteiger partial charge in [-0.05, 0) is 0 Å². The van der Waals surface area contributed by atoms with Crippen LogP contribution in [-0.4, -0.2) is 30.1 Å². The van der Waals surface area contributed by atoms with E-state index in [0.29, 0.717) is 11.4 Å². The fraction of sp³-hybridized carbons (Fsp3) is 0.250. The van der Waals surface area contributed by atoms with Crippen LogP contribution in [0.3, 0.4) is 0 Å². The van der Waals surface area contributed by atoms with Crippen LogP contribution < -0.4 is 0 Å². The first-order chi connectivity index (χ1) is 6.77. The third-order valence-electron chi connectivity index (χ3n) is 1.76. The van der Waals surface area contributed by atoms with Gasteiger partial charge in [-0.15, -0.1) is 0 Å². The average Bonchev–Trinajstić information content (AvgIpc) is 2.65. The van der Waals surface area contributed by atoms with Crippen molar-refractivity contribution >= 4 is 0 Å². The first-order valence-electron chi connectivity index (χ1n) is 4.07. The van der Waals surface area contributed by atoms with E-state index in [1.807, 2.05) is 0 Å². The van der Waals surface area contributed by atoms with Crippen molar-refractivity contribution in [2.24, 2.45) is 7.05 Å². The Kier molecular flexibility index (Phi) is 2.19. The van der Waals surface area contributed by atoms with Crippen LogP contribution in [0.15, 0.2) is 24.8 Å². The molecule has 0 aliphatic rings. The van der Waals surface area contributed by atoms with Gasteiger partial charge in [0.25, 0.3) is 0 Å². The lowest BCUT2D eigenvalue weighted by Crippen LogP contribution is -2.04. The second-order valence-corrected chi connectivity index (χ2v) is 2.79. The van der Waals surface area contributed by atoms with Gasteiger partial charge in [-0.1, -0.05) is 0 Å². The lowest BCUT2D eigenvalue weighted by molar-refractivity contribution is 0.209. The maximum absolute atomic E-state index is 9.79. The van der Waals surface area contributed by atoms with Gasteiger partial charge in [0.2, 0.25) is 0 Å². The zero-order valence-corrected chi connectivity index (χ0v) is 7.57. The fourth-order valence-corrected chi connectivity index (χ4v) is 1.09. The summed E-state index contributed by atoms with van der Waals surface area (Å²) < 4.78 is 0. The molecule has 0 aromatic carbocycles. The minimum absolute atomic E-state index is 0.466. The summed E-state index contributed by atoms with van der Waals surface area (Å²) in [5.41, 5.74) is 0.931. The summed E-state index contributed by atoms with van der Waals surface area (Å²) >= 11 is 0. The quantitative estimate of drug-likeness (QED) is 0.704. The molecule has 1 unspecified atom stereocenters. The molecule has 0 radical (unpaired) electrons. The molecule has 6 nitrogen and oxygen atoms in total. The van der Waals surface area contributed by atoms with E-state index in [9.17, 15) is 5.11 Å². The molecule has 2 aromatic heterocycles. The molecule has 0 aliphatic carbocycles. The molecule has 2 rings (SSSR count). The molecule has 0 saturated heterocycles. The van der Waals surface area contributed by atoms with E-state index in [-0.39, 0.29) is 0 Å². The Bertz CT molecular complexity index is 413. The molecule has 0 bridgehead atoms. The third kappa shape index (κ3) is 1.60. The molecule has 0 amide bonds. The molecule has 72 valence electrons. The number of hydrogen-bond acceptors (Lipinski definition) is 5. The summed E-state index contributed by atoms with van der Waals surface area (Å²) in [5, 5.41) is 17.6. The zero-order valence-electron chi connectivity index (χ0n) is 7.57. The van der Waals surface area contributed by atoms with Crippen molar-refractivity contribution in [3.05, 3.63) is 36.2 Å². The third-order valence-corrected chi connectivity index (χ3v) is 1.76. The second kappa shape index (κ2) is 3.51. The predicted molar refractivity (Wildman–Crippen MR) is 47.1 cm³/mol. The number of hydrogen-bond donors (Lipinski definition) is 1. The number of nitrogens with zero attached hydrogens (tertiary/aromatic N) is 5. The fourth-order valence-electron chi connectivity index (χ4n) is 1.09. The molecular weight excluding hydrogens is 182 g/mol. The Morgan fingerprint density at radius 2 is 2.14 bits per heavy atom. The Hall–Kier alpha value is -1.82. The van der Waals surface area contributed by atoms with Gasteiger partial charge in [0.1, 0.15) is 11.8 Å². The molecule has 0 saturated carbocycles. The Morgan fingerprint density at radius 1 is 1.29 bits per heavy atom. The molecule has 1 N–H and O–H groups in total. The molecule has 14 heavy (non-hydrogen) atoms. The topological polar surface area (TPSA) is 76.7 Å². The van der Waals surface area contributed by atoms with E-state index < -0.39 is 6.10 Å². The van der Waals surface area contributed by atoms with Gasteiger partial charge < -0.3 is 5.11 Å². The minimum Gasteiger partial charge on any atom is -0.380 e. The van der Waals surface area contributed by atoms with Crippen molar-refractivity contribution in [2.75, 3.05) is 0 Å². The zero-order chi connectivity index (χ0) is 9.97. The average molecular weight is 191 g/mol. The number of aryl methyl sites for hydroxylation is 1. The SMILES string of the molecule is Cn1ncc(C(O)c2cnccn2)n1. The van der Waals surface area contributed by atoms with Crippen LogP contribution in [-0.2, 0) is 7.05 Å². The van der Waals surface area contributed by atoms with Gasteiger partial charge in [-0.3, -0.25) is 9.97 Å². The number of aromatic nitrogens is 5. The van der Waals surface area contributed by atoms with E-state index in [1.165, 1.54) is 23.4 Å². The summed E-state index contributed by atoms with van der Waals surface area (Å²) in [6.07, 6.45) is 5.21. The highest BCUT2D eigenvalue weighted by molar-refractivity contribution is 5.12. The largest absolute Gasteiger partial charge is 0.380 e. The summed E-state index contributed by atoms with van der Waals surface area (Å²) in [5.74, 6) is 0. The van der Waals surface area contributed by atoms with Crippen molar-refractivity contribution < 1.29 is 5.11 Å². The Balaban J connectivity index is 2.29. The van der Waals surface area contributed by atoms with Gasteiger partial charge in [-0.2, -0.15) is 15.0 Å². The minimum atomic E-state index is -0.864. The number of aliphatic hydroxyl groups is 1. The van der Waals surface area contributed by atoms with Crippen LogP contribution in [0.5, 0.6) is 0 Å². The summed E-state index contributed by atoms with van der Waals surface area (Å²) in [6, 6.07) is 0. The summed E-state index contributed by atoms with van der Waals surface area (Å²) in [4.78, 5) is 9.22. The molecule has 1 atom stereocenters. The molecule has 0 aliphatic heterocycles. The van der Waals surface area contributed by atoms with E-state index in [1.54, 1.807) is 13.2 Å². The molecule has 2 heterocycles. The first-order valence-corrected chi connectivity index (χ1v) is 4.07. The lowest BCUT2D eigenvalue weighted by atomic mass is 10.2. The van der Waals surface area contributed by atoms with Crippen LogP contribution >= 0.6 is 0 Å². The standard InChI is InChI=1S/C8H9N5O/c1-13-11-5-7(12-13)8(14)6-4-9-2-3-10-6/h2-5,8,14H,1H3. The summed E-state index contributed by atoms with van der Waals surface area (Å²) in [6.45, 7) is 0. The van der Waals surface area contributed by atoms with Crippen LogP contribution in [0.2, 0.25) is 0 Å². The molecule has 6 heteroatoms. The van der Waals surface area contributed by atoms with Crippen LogP contribution in [0.25, 0.3) is 0 Å². The second-order valence-electron chi connectivity index (χ2n) is 2.79. The molecule has 0 spiro atoms. The predicted octanol–water partition coefficient (Wildman–Crippen LogP) is -0.313. The van der Waals surface area contributed by atoms with Crippen LogP contribution in [0.4, 0.5) is 0 Å². The Morgan fingerprint density at radius 3 is 2.71 bits per heavy atom. The van der Waals surface area contributed by atoms with Gasteiger partial charge in [0.05, 0.1) is 18.1 Å². The van der Waals surface area contributed by atoms with E-state index >= 15 is 0 Å².